The van der Waals surface area contributed by atoms with Crippen LogP contribution < -0.4 is 10.2 Å². The van der Waals surface area contributed by atoms with Crippen LogP contribution in [0.15, 0.2) is 60.1 Å². The van der Waals surface area contributed by atoms with Crippen molar-refractivity contribution < 1.29 is 9.59 Å². The molecule has 0 spiro atoms. The number of carbonyl (C=O) groups excluding carboxylic acids is 2. The number of pyridine rings is 1. The first-order chi connectivity index (χ1) is 14.1. The fourth-order valence-corrected chi connectivity index (χ4v) is 3.94. The number of aromatic nitrogens is 1. The summed E-state index contributed by atoms with van der Waals surface area (Å²) in [7, 11) is 0. The van der Waals surface area contributed by atoms with Crippen molar-refractivity contribution in [2.75, 3.05) is 36.4 Å². The zero-order valence-corrected chi connectivity index (χ0v) is 17.1. The van der Waals surface area contributed by atoms with Gasteiger partial charge in [0.15, 0.2) is 0 Å². The lowest BCUT2D eigenvalue weighted by Gasteiger charge is -2.35. The Morgan fingerprint density at radius 2 is 1.86 bits per heavy atom. The quantitative estimate of drug-likeness (QED) is 0.684. The lowest BCUT2D eigenvalue weighted by molar-refractivity contribution is 0.0746. The molecular formula is C21H19ClN4O2S. The maximum absolute atomic E-state index is 12.9. The summed E-state index contributed by atoms with van der Waals surface area (Å²) in [6.07, 6.45) is 1.63. The van der Waals surface area contributed by atoms with Crippen LogP contribution in [0.25, 0.3) is 0 Å². The van der Waals surface area contributed by atoms with Gasteiger partial charge in [-0.15, -0.1) is 11.3 Å². The number of halogens is 1. The number of hydrogen-bond donors (Lipinski definition) is 1. The summed E-state index contributed by atoms with van der Waals surface area (Å²) in [4.78, 5) is 34.1. The second-order valence-electron chi connectivity index (χ2n) is 6.63. The molecule has 0 radical (unpaired) electrons. The summed E-state index contributed by atoms with van der Waals surface area (Å²) in [5.74, 6) is 0.648. The Kier molecular flexibility index (Phi) is 5.78. The zero-order valence-electron chi connectivity index (χ0n) is 15.5. The molecule has 4 rings (SSSR count). The van der Waals surface area contributed by atoms with Crippen LogP contribution in [0.1, 0.15) is 20.0 Å². The number of rotatable bonds is 4. The van der Waals surface area contributed by atoms with E-state index in [0.717, 1.165) is 5.82 Å². The average molecular weight is 427 g/mol. The van der Waals surface area contributed by atoms with E-state index in [2.05, 4.69) is 15.2 Å². The lowest BCUT2D eigenvalue weighted by atomic mass is 10.1. The first-order valence-electron chi connectivity index (χ1n) is 9.21. The molecule has 0 saturated carbocycles. The van der Waals surface area contributed by atoms with E-state index in [1.807, 2.05) is 28.5 Å². The number of nitrogens with one attached hydrogen (secondary N) is 1. The molecule has 0 bridgehead atoms. The average Bonchev–Trinajstić information content (AvgIpc) is 3.29. The highest BCUT2D eigenvalue weighted by molar-refractivity contribution is 7.12. The largest absolute Gasteiger partial charge is 0.353 e. The lowest BCUT2D eigenvalue weighted by Crippen LogP contribution is -2.49. The van der Waals surface area contributed by atoms with Crippen LogP contribution >= 0.6 is 22.9 Å². The smallest absolute Gasteiger partial charge is 0.265 e. The van der Waals surface area contributed by atoms with E-state index in [4.69, 9.17) is 11.6 Å². The molecule has 2 amide bonds. The van der Waals surface area contributed by atoms with E-state index in [0.29, 0.717) is 47.3 Å². The first kappa shape index (κ1) is 19.4. The number of carbonyl (C=O) groups is 2. The second-order valence-corrected chi connectivity index (χ2v) is 8.01. The molecule has 0 atom stereocenters. The molecule has 148 valence electrons. The van der Waals surface area contributed by atoms with Crippen molar-refractivity contribution in [3.05, 3.63) is 75.6 Å². The minimum atomic E-state index is -0.173. The third-order valence-corrected chi connectivity index (χ3v) is 5.81. The Bertz CT molecular complexity index is 1000. The Morgan fingerprint density at radius 1 is 1.03 bits per heavy atom. The van der Waals surface area contributed by atoms with Gasteiger partial charge in [-0.1, -0.05) is 23.7 Å². The van der Waals surface area contributed by atoms with Gasteiger partial charge in [-0.05, 0) is 41.8 Å². The summed E-state index contributed by atoms with van der Waals surface area (Å²) in [5, 5.41) is 5.31. The molecule has 8 heteroatoms. The minimum absolute atomic E-state index is 0.0408. The van der Waals surface area contributed by atoms with Crippen LogP contribution in [0.3, 0.4) is 0 Å². The molecule has 3 heterocycles. The van der Waals surface area contributed by atoms with Crippen LogP contribution in [-0.4, -0.2) is 47.9 Å². The van der Waals surface area contributed by atoms with Gasteiger partial charge >= 0.3 is 0 Å². The molecule has 1 aliphatic heterocycles. The van der Waals surface area contributed by atoms with E-state index in [9.17, 15) is 9.59 Å². The summed E-state index contributed by atoms with van der Waals surface area (Å²) < 4.78 is 0. The maximum atomic E-state index is 12.9. The number of amides is 2. The number of piperazine rings is 1. The molecular weight excluding hydrogens is 408 g/mol. The van der Waals surface area contributed by atoms with Crippen LogP contribution in [0, 0.1) is 0 Å². The van der Waals surface area contributed by atoms with Gasteiger partial charge < -0.3 is 15.1 Å². The summed E-state index contributed by atoms with van der Waals surface area (Å²) >= 11 is 7.28. The van der Waals surface area contributed by atoms with Gasteiger partial charge in [0.1, 0.15) is 5.82 Å². The molecule has 1 aromatic carbocycles. The van der Waals surface area contributed by atoms with Crippen LogP contribution in [0.4, 0.5) is 11.5 Å². The van der Waals surface area contributed by atoms with Crippen molar-refractivity contribution in [2.24, 2.45) is 0 Å². The first-order valence-corrected chi connectivity index (χ1v) is 10.5. The van der Waals surface area contributed by atoms with Crippen molar-refractivity contribution in [3.63, 3.8) is 0 Å². The van der Waals surface area contributed by atoms with Gasteiger partial charge in [-0.3, -0.25) is 9.59 Å². The third-order valence-electron chi connectivity index (χ3n) is 4.72. The maximum Gasteiger partial charge on any atom is 0.265 e. The summed E-state index contributed by atoms with van der Waals surface area (Å²) in [6, 6.07) is 14.4. The fourth-order valence-electron chi connectivity index (χ4n) is 3.21. The molecule has 1 fully saturated rings. The van der Waals surface area contributed by atoms with Crippen LogP contribution in [-0.2, 0) is 0 Å². The van der Waals surface area contributed by atoms with Crippen molar-refractivity contribution >= 4 is 46.3 Å². The Hall–Kier alpha value is -2.90. The molecule has 2 aromatic heterocycles. The van der Waals surface area contributed by atoms with Crippen molar-refractivity contribution in [2.45, 2.75) is 0 Å². The topological polar surface area (TPSA) is 65.5 Å². The standard InChI is InChI=1S/C21H19ClN4O2S/c22-16-6-7-19(23-14-16)25-8-10-26(11-9-25)21(28)15-3-1-4-17(13-15)24-20(27)18-5-2-12-29-18/h1-7,12-14H,8-11H2,(H,24,27). The normalized spacial score (nSPS) is 14.0. The second kappa shape index (κ2) is 8.63. The number of hydrogen-bond acceptors (Lipinski definition) is 5. The highest BCUT2D eigenvalue weighted by Gasteiger charge is 2.23. The van der Waals surface area contributed by atoms with E-state index in [1.165, 1.54) is 11.3 Å². The molecule has 1 N–H and O–H groups in total. The van der Waals surface area contributed by atoms with E-state index in [-0.39, 0.29) is 11.8 Å². The molecule has 6 nitrogen and oxygen atoms in total. The molecule has 1 saturated heterocycles. The van der Waals surface area contributed by atoms with Gasteiger partial charge in [0.25, 0.3) is 11.8 Å². The van der Waals surface area contributed by atoms with Gasteiger partial charge in [-0.2, -0.15) is 0 Å². The Balaban J connectivity index is 1.38. The fraction of sp³-hybridized carbons (Fsp3) is 0.190. The molecule has 0 unspecified atom stereocenters. The van der Waals surface area contributed by atoms with Crippen molar-refractivity contribution in [3.8, 4) is 0 Å². The van der Waals surface area contributed by atoms with Gasteiger partial charge in [0.05, 0.1) is 9.90 Å². The zero-order chi connectivity index (χ0) is 20.2. The predicted octanol–water partition coefficient (Wildman–Crippen LogP) is 4.01. The molecule has 1 aliphatic rings. The van der Waals surface area contributed by atoms with Crippen LogP contribution in [0.2, 0.25) is 5.02 Å². The SMILES string of the molecule is O=C(Nc1cccc(C(=O)N2CCN(c3ccc(Cl)cn3)CC2)c1)c1cccs1. The molecule has 0 aliphatic carbocycles. The third kappa shape index (κ3) is 4.58. The number of benzene rings is 1. The van der Waals surface area contributed by atoms with E-state index < -0.39 is 0 Å². The Labute approximate surface area is 177 Å². The highest BCUT2D eigenvalue weighted by atomic mass is 35.5. The van der Waals surface area contributed by atoms with Gasteiger partial charge in [-0.25, -0.2) is 4.98 Å². The summed E-state index contributed by atoms with van der Waals surface area (Å²) in [6.45, 7) is 2.62. The monoisotopic (exact) mass is 426 g/mol. The minimum Gasteiger partial charge on any atom is -0.353 e. The van der Waals surface area contributed by atoms with Crippen LogP contribution in [0.5, 0.6) is 0 Å². The molecule has 3 aromatic rings. The van der Waals surface area contributed by atoms with Gasteiger partial charge in [0, 0.05) is 43.6 Å². The number of nitrogens with zero attached hydrogens (tertiary/aromatic N) is 3. The molecule has 29 heavy (non-hydrogen) atoms. The number of thiophene rings is 1. The van der Waals surface area contributed by atoms with Gasteiger partial charge in [0.2, 0.25) is 0 Å². The van der Waals surface area contributed by atoms with E-state index in [1.54, 1.807) is 36.5 Å². The van der Waals surface area contributed by atoms with E-state index >= 15 is 0 Å². The Morgan fingerprint density at radius 3 is 2.55 bits per heavy atom. The number of anilines is 2. The highest BCUT2D eigenvalue weighted by Crippen LogP contribution is 2.19. The predicted molar refractivity (Wildman–Crippen MR) is 116 cm³/mol. The van der Waals surface area contributed by atoms with Crippen molar-refractivity contribution in [1.82, 2.24) is 9.88 Å². The van der Waals surface area contributed by atoms with Crippen molar-refractivity contribution in [1.29, 1.82) is 0 Å². The summed E-state index contributed by atoms with van der Waals surface area (Å²) in [5.41, 5.74) is 1.17.